The Morgan fingerprint density at radius 3 is 1.63 bits per heavy atom. The molecular weight excluding hydrogens is 862 g/mol. The fraction of sp³-hybridized carbons (Fsp3) is 0.700. The predicted molar refractivity (Wildman–Crippen MR) is 254 cm³/mol. The van der Waals surface area contributed by atoms with Crippen LogP contribution in [0.25, 0.3) is 0 Å². The van der Waals surface area contributed by atoms with E-state index in [-0.39, 0.29) is 48.8 Å². The summed E-state index contributed by atoms with van der Waals surface area (Å²) in [4.78, 5) is 45.1. The van der Waals surface area contributed by atoms with Crippen LogP contribution in [0.3, 0.4) is 0 Å². The Balaban J connectivity index is 0.0000145. The van der Waals surface area contributed by atoms with Crippen molar-refractivity contribution in [3.05, 3.63) is 71.8 Å². The Kier molecular flexibility index (Phi) is 33.1. The van der Waals surface area contributed by atoms with Crippen molar-refractivity contribution in [3.63, 3.8) is 0 Å². The van der Waals surface area contributed by atoms with Gasteiger partial charge in [-0.15, -0.1) is 0 Å². The molecule has 0 saturated carbocycles. The molecule has 2 aromatic rings. The van der Waals surface area contributed by atoms with Crippen LogP contribution < -0.4 is 5.48 Å². The SMILES string of the molecule is CCCCCCCCCCCCC(OC(=O)CCCCCCCCc1ccccc1)C(=O)NO[C@@H]1C[C@@H](OC(=O)CCCCCCCCc2ccccc2)[C@H](OS(=O)(=O)O)[C@@H](CO)O1.[NaH]. The van der Waals surface area contributed by atoms with Crippen LogP contribution in [-0.4, -0.2) is 103 Å². The van der Waals surface area contributed by atoms with Gasteiger partial charge in [0.05, 0.1) is 6.61 Å². The third-order valence-electron chi connectivity index (χ3n) is 11.7. The number of hydroxylamine groups is 1. The monoisotopic (exact) mass is 942 g/mol. The number of esters is 2. The molecule has 1 aliphatic rings. The number of ether oxygens (including phenoxy) is 3. The third kappa shape index (κ3) is 28.5. The Labute approximate surface area is 412 Å². The molecule has 364 valence electrons. The summed E-state index contributed by atoms with van der Waals surface area (Å²) >= 11 is 0. The van der Waals surface area contributed by atoms with Crippen molar-refractivity contribution in [2.75, 3.05) is 6.61 Å². The van der Waals surface area contributed by atoms with Crippen molar-refractivity contribution in [3.8, 4) is 0 Å². The first kappa shape index (κ1) is 58.7. The van der Waals surface area contributed by atoms with Crippen LogP contribution >= 0.6 is 0 Å². The van der Waals surface area contributed by atoms with Crippen molar-refractivity contribution in [1.29, 1.82) is 0 Å². The first-order valence-corrected chi connectivity index (χ1v) is 25.8. The molecule has 0 radical (unpaired) electrons. The molecule has 1 heterocycles. The number of nitrogens with one attached hydrogen (secondary N) is 1. The molecule has 65 heavy (non-hydrogen) atoms. The molecule has 1 saturated heterocycles. The van der Waals surface area contributed by atoms with Gasteiger partial charge >= 0.3 is 51.9 Å². The summed E-state index contributed by atoms with van der Waals surface area (Å²) in [6, 6.07) is 20.8. The molecule has 1 fully saturated rings. The summed E-state index contributed by atoms with van der Waals surface area (Å²) in [7, 11) is -5.04. The second kappa shape index (κ2) is 36.6. The predicted octanol–water partition coefficient (Wildman–Crippen LogP) is 9.76. The molecule has 2 aromatic carbocycles. The van der Waals surface area contributed by atoms with E-state index in [9.17, 15) is 32.5 Å². The molecule has 0 aromatic heterocycles. The zero-order valence-electron chi connectivity index (χ0n) is 38.6. The van der Waals surface area contributed by atoms with E-state index in [1.807, 2.05) is 24.3 Å². The standard InChI is InChI=1S/C50H79NO12S.Na.H/c1-2-3-4-5-6-7-8-9-16-27-36-43(59-46(53)37-28-17-12-10-14-21-30-41-32-23-19-24-33-41)50(55)51-62-48-39-44(49(45(40-52)61-48)63-64(56,57)58)60-47(54)38-29-18-13-11-15-22-31-42-34-25-20-26-35-42;;/h19-20,23-26,32-35,43-45,48-49,52H,2-18,21-22,27-31,36-40H2,1H3,(H,51,55)(H,56,57,58);;/t43?,44-,45-,48-,49+;;/m1../s1. The van der Waals surface area contributed by atoms with E-state index in [1.54, 1.807) is 0 Å². The second-order valence-corrected chi connectivity index (χ2v) is 18.3. The van der Waals surface area contributed by atoms with Crippen LogP contribution in [0.5, 0.6) is 0 Å². The maximum absolute atomic E-state index is 13.5. The zero-order chi connectivity index (χ0) is 46.1. The summed E-state index contributed by atoms with van der Waals surface area (Å²) in [5.74, 6) is -1.78. The molecule has 13 nitrogen and oxygen atoms in total. The van der Waals surface area contributed by atoms with Gasteiger partial charge in [-0.1, -0.05) is 177 Å². The molecule has 3 rings (SSSR count). The number of aliphatic hydroxyl groups is 1. The normalized spacial score (nSPS) is 17.8. The molecule has 0 bridgehead atoms. The Hall–Kier alpha value is -2.40. The van der Waals surface area contributed by atoms with E-state index in [1.165, 1.54) is 49.7 Å². The molecule has 1 unspecified atom stereocenters. The molecule has 15 heteroatoms. The molecule has 1 aliphatic heterocycles. The fourth-order valence-corrected chi connectivity index (χ4v) is 8.62. The van der Waals surface area contributed by atoms with Gasteiger partial charge in [0.2, 0.25) is 0 Å². The van der Waals surface area contributed by atoms with Gasteiger partial charge in [-0.25, -0.2) is 14.5 Å². The minimum atomic E-state index is -5.04. The van der Waals surface area contributed by atoms with E-state index in [0.29, 0.717) is 25.7 Å². The average Bonchev–Trinajstić information content (AvgIpc) is 3.28. The van der Waals surface area contributed by atoms with Crippen molar-refractivity contribution in [2.24, 2.45) is 0 Å². The van der Waals surface area contributed by atoms with Crippen molar-refractivity contribution >= 4 is 57.8 Å². The average molecular weight is 942 g/mol. The first-order valence-electron chi connectivity index (χ1n) is 24.4. The molecular formula is C50H80NNaO12S. The number of aliphatic hydroxyl groups excluding tert-OH is 1. The van der Waals surface area contributed by atoms with Gasteiger partial charge in [0.15, 0.2) is 12.4 Å². The van der Waals surface area contributed by atoms with Gasteiger partial charge in [0, 0.05) is 19.3 Å². The summed E-state index contributed by atoms with van der Waals surface area (Å²) < 4.78 is 54.9. The van der Waals surface area contributed by atoms with Crippen LogP contribution in [0, 0.1) is 0 Å². The minimum absolute atomic E-state index is 0. The van der Waals surface area contributed by atoms with Gasteiger partial charge in [-0.2, -0.15) is 8.42 Å². The molecule has 5 atom stereocenters. The van der Waals surface area contributed by atoms with Crippen molar-refractivity contribution in [1.82, 2.24) is 5.48 Å². The van der Waals surface area contributed by atoms with E-state index in [4.69, 9.17) is 23.2 Å². The van der Waals surface area contributed by atoms with E-state index >= 15 is 0 Å². The molecule has 0 aliphatic carbocycles. The summed E-state index contributed by atoms with van der Waals surface area (Å²) in [6.45, 7) is 1.43. The van der Waals surface area contributed by atoms with Gasteiger partial charge in [-0.05, 0) is 62.5 Å². The van der Waals surface area contributed by atoms with Crippen LogP contribution in [0.4, 0.5) is 0 Å². The van der Waals surface area contributed by atoms with E-state index in [0.717, 1.165) is 96.3 Å². The van der Waals surface area contributed by atoms with Gasteiger partial charge in [0.1, 0.15) is 18.3 Å². The van der Waals surface area contributed by atoms with Gasteiger partial charge in [-0.3, -0.25) is 18.9 Å². The second-order valence-electron chi connectivity index (χ2n) is 17.3. The first-order chi connectivity index (χ1) is 31.1. The van der Waals surface area contributed by atoms with E-state index in [2.05, 4.69) is 48.8 Å². The topological polar surface area (TPSA) is 184 Å². The van der Waals surface area contributed by atoms with Crippen LogP contribution in [-0.2, 0) is 60.9 Å². The molecule has 1 amide bonds. The number of benzene rings is 2. The Morgan fingerprint density at radius 1 is 0.677 bits per heavy atom. The quantitative estimate of drug-likeness (QED) is 0.0192. The zero-order valence-corrected chi connectivity index (χ0v) is 39.4. The number of hydrogen-bond donors (Lipinski definition) is 3. The van der Waals surface area contributed by atoms with E-state index < -0.39 is 65.6 Å². The summed E-state index contributed by atoms with van der Waals surface area (Å²) in [5.41, 5.74) is 4.99. The van der Waals surface area contributed by atoms with Crippen LogP contribution in [0.2, 0.25) is 0 Å². The number of carbonyl (C=O) groups excluding carboxylic acids is 3. The summed E-state index contributed by atoms with van der Waals surface area (Å²) in [5, 5.41) is 10.1. The number of aryl methyl sites for hydroxylation is 2. The number of hydrogen-bond acceptors (Lipinski definition) is 11. The van der Waals surface area contributed by atoms with Crippen LogP contribution in [0.15, 0.2) is 60.7 Å². The summed E-state index contributed by atoms with van der Waals surface area (Å²) in [6.07, 6.45) is 18.0. The van der Waals surface area contributed by atoms with Crippen molar-refractivity contribution in [2.45, 2.75) is 217 Å². The number of unbranched alkanes of at least 4 members (excludes halogenated alkanes) is 19. The fourth-order valence-electron chi connectivity index (χ4n) is 8.09. The van der Waals surface area contributed by atoms with Crippen LogP contribution in [0.1, 0.15) is 185 Å². The number of carbonyl (C=O) groups is 3. The molecule has 3 N–H and O–H groups in total. The van der Waals surface area contributed by atoms with Crippen molar-refractivity contribution < 1.29 is 55.7 Å². The Morgan fingerprint density at radius 2 is 1.14 bits per heavy atom. The van der Waals surface area contributed by atoms with Gasteiger partial charge in [0.25, 0.3) is 5.91 Å². The third-order valence-corrected chi connectivity index (χ3v) is 12.2. The van der Waals surface area contributed by atoms with Gasteiger partial charge < -0.3 is 19.3 Å². The molecule has 0 spiro atoms. The Bertz CT molecular complexity index is 1640. The number of amides is 1. The maximum atomic E-state index is 13.5. The number of rotatable bonds is 37.